The molecule has 0 aliphatic heterocycles. The molecule has 0 fully saturated rings. The molecule has 0 amide bonds. The second kappa shape index (κ2) is 41.7. The van der Waals surface area contributed by atoms with Gasteiger partial charge in [-0.25, -0.2) is 4.57 Å². The van der Waals surface area contributed by atoms with Crippen molar-refractivity contribution in [2.75, 3.05) is 19.8 Å². The molecule has 12 nitrogen and oxygen atoms in total. The highest BCUT2D eigenvalue weighted by molar-refractivity contribution is 7.47. The first-order valence-corrected chi connectivity index (χ1v) is 23.8. The molecule has 0 rings (SSSR count). The Morgan fingerprint density at radius 2 is 1.02 bits per heavy atom. The predicted molar refractivity (Wildman–Crippen MR) is 246 cm³/mol. The third kappa shape index (κ3) is 41.5. The number of esters is 2. The largest absolute Gasteiger partial charge is 0.480 e. The number of carboxylic acid groups (broad SMARTS) is 1. The first kappa shape index (κ1) is 57.4. The van der Waals surface area contributed by atoms with E-state index in [1.54, 1.807) is 0 Å². The Bertz CT molecular complexity index is 1420. The molecule has 0 radical (unpaired) electrons. The van der Waals surface area contributed by atoms with E-state index in [0.717, 1.165) is 77.0 Å². The van der Waals surface area contributed by atoms with Crippen LogP contribution >= 0.6 is 7.82 Å². The SMILES string of the molecule is CCCCC/C=C\C/C=C\C/C=C\C/C=C\CCCCCC(=O)OC[C@H](COP(=O)(O)OC[C@H](N)C(=O)O)OC(=O)CCC/C=C\C/C=C\C/C=C\C/C=C\CC[C@H](O)CC. The number of ether oxygens (including phenoxy) is 2. The fourth-order valence-corrected chi connectivity index (χ4v) is 6.03. The molecule has 0 spiro atoms. The van der Waals surface area contributed by atoms with Crippen LogP contribution in [0.5, 0.6) is 0 Å². The Hall–Kier alpha value is -3.64. The number of carbonyl (C=O) groups excluding carboxylic acids is 2. The van der Waals surface area contributed by atoms with Crippen molar-refractivity contribution in [3.8, 4) is 0 Å². The molecule has 0 heterocycles. The van der Waals surface area contributed by atoms with E-state index in [4.69, 9.17) is 24.8 Å². The average molecular weight is 876 g/mol. The topological polar surface area (TPSA) is 192 Å². The van der Waals surface area contributed by atoms with Gasteiger partial charge in [-0.15, -0.1) is 0 Å². The number of phosphoric acid groups is 1. The summed E-state index contributed by atoms with van der Waals surface area (Å²) in [5, 5.41) is 18.5. The van der Waals surface area contributed by atoms with E-state index < -0.39 is 57.7 Å². The minimum Gasteiger partial charge on any atom is -0.480 e. The Labute approximate surface area is 367 Å². The quantitative estimate of drug-likeness (QED) is 0.0197. The minimum absolute atomic E-state index is 0.0588. The predicted octanol–water partition coefficient (Wildman–Crippen LogP) is 11.0. The number of unbranched alkanes of at least 4 members (excludes halogenated alkanes) is 7. The highest BCUT2D eigenvalue weighted by Gasteiger charge is 2.28. The van der Waals surface area contributed by atoms with Gasteiger partial charge in [0.15, 0.2) is 6.10 Å². The molecule has 0 saturated heterocycles. The second-order valence-electron chi connectivity index (χ2n) is 14.6. The smallest absolute Gasteiger partial charge is 0.472 e. The van der Waals surface area contributed by atoms with Crippen molar-refractivity contribution < 1.29 is 52.6 Å². The summed E-state index contributed by atoms with van der Waals surface area (Å²) >= 11 is 0. The van der Waals surface area contributed by atoms with Gasteiger partial charge < -0.3 is 30.3 Å². The lowest BCUT2D eigenvalue weighted by Crippen LogP contribution is -2.34. The van der Waals surface area contributed by atoms with Crippen molar-refractivity contribution in [1.29, 1.82) is 0 Å². The van der Waals surface area contributed by atoms with Gasteiger partial charge in [-0.1, -0.05) is 130 Å². The Morgan fingerprint density at radius 1 is 0.574 bits per heavy atom. The Kier molecular flexibility index (Phi) is 39.2. The molecule has 13 heteroatoms. The summed E-state index contributed by atoms with van der Waals surface area (Å²) in [6.07, 6.45) is 49.9. The van der Waals surface area contributed by atoms with Crippen molar-refractivity contribution in [2.45, 2.75) is 167 Å². The monoisotopic (exact) mass is 876 g/mol. The van der Waals surface area contributed by atoms with E-state index in [1.165, 1.54) is 25.7 Å². The number of carboxylic acids is 1. The van der Waals surface area contributed by atoms with Crippen LogP contribution in [0.15, 0.2) is 97.2 Å². The Morgan fingerprint density at radius 3 is 1.51 bits per heavy atom. The Balaban J connectivity index is 4.54. The zero-order valence-corrected chi connectivity index (χ0v) is 38.0. The number of aliphatic hydroxyl groups is 1. The molecule has 61 heavy (non-hydrogen) atoms. The van der Waals surface area contributed by atoms with Crippen LogP contribution < -0.4 is 5.73 Å². The first-order chi connectivity index (χ1) is 29.5. The van der Waals surface area contributed by atoms with Crippen LogP contribution in [0, 0.1) is 0 Å². The van der Waals surface area contributed by atoms with Gasteiger partial charge in [-0.05, 0) is 103 Å². The maximum Gasteiger partial charge on any atom is 0.472 e. The van der Waals surface area contributed by atoms with E-state index in [2.05, 4.69) is 96.5 Å². The lowest BCUT2D eigenvalue weighted by Gasteiger charge is -2.20. The van der Waals surface area contributed by atoms with Crippen LogP contribution in [-0.2, 0) is 37.5 Å². The number of aliphatic carboxylic acids is 1. The zero-order chi connectivity index (χ0) is 45.1. The van der Waals surface area contributed by atoms with Crippen molar-refractivity contribution in [2.24, 2.45) is 5.73 Å². The van der Waals surface area contributed by atoms with Crippen molar-refractivity contribution in [1.82, 2.24) is 0 Å². The fraction of sp³-hybridized carbons (Fsp3) is 0.604. The molecule has 0 aliphatic rings. The van der Waals surface area contributed by atoms with Crippen LogP contribution in [-0.4, -0.2) is 71.1 Å². The molecular weight excluding hydrogens is 797 g/mol. The highest BCUT2D eigenvalue weighted by atomic mass is 31.2. The van der Waals surface area contributed by atoms with Crippen LogP contribution in [0.2, 0.25) is 0 Å². The molecule has 0 aromatic rings. The molecule has 0 saturated carbocycles. The van der Waals surface area contributed by atoms with Gasteiger partial charge in [0.1, 0.15) is 12.6 Å². The van der Waals surface area contributed by atoms with Crippen molar-refractivity contribution >= 4 is 25.7 Å². The van der Waals surface area contributed by atoms with Gasteiger partial charge in [0.2, 0.25) is 0 Å². The maximum absolute atomic E-state index is 12.6. The molecule has 1 unspecified atom stereocenters. The van der Waals surface area contributed by atoms with Crippen LogP contribution in [0.3, 0.4) is 0 Å². The lowest BCUT2D eigenvalue weighted by atomic mass is 10.1. The highest BCUT2D eigenvalue weighted by Crippen LogP contribution is 2.43. The normalized spacial score (nSPS) is 15.1. The average Bonchev–Trinajstić information content (AvgIpc) is 3.24. The number of allylic oxidation sites excluding steroid dienone is 16. The maximum atomic E-state index is 12.6. The lowest BCUT2D eigenvalue weighted by molar-refractivity contribution is -0.161. The van der Waals surface area contributed by atoms with Crippen LogP contribution in [0.4, 0.5) is 0 Å². The van der Waals surface area contributed by atoms with Crippen molar-refractivity contribution in [3.05, 3.63) is 97.2 Å². The zero-order valence-electron chi connectivity index (χ0n) is 37.1. The number of phosphoric ester groups is 1. The van der Waals surface area contributed by atoms with Crippen LogP contribution in [0.25, 0.3) is 0 Å². The summed E-state index contributed by atoms with van der Waals surface area (Å²) in [5.41, 5.74) is 5.33. The van der Waals surface area contributed by atoms with Gasteiger partial charge in [0, 0.05) is 12.8 Å². The molecule has 0 aliphatic carbocycles. The fourth-order valence-electron chi connectivity index (χ4n) is 5.25. The van der Waals surface area contributed by atoms with Gasteiger partial charge >= 0.3 is 25.7 Å². The molecule has 346 valence electrons. The summed E-state index contributed by atoms with van der Waals surface area (Å²) in [5.74, 6) is -2.53. The summed E-state index contributed by atoms with van der Waals surface area (Å²) in [6, 6.07) is -1.55. The third-order valence-corrected chi connectivity index (χ3v) is 9.92. The molecule has 0 aromatic carbocycles. The minimum atomic E-state index is -4.76. The van der Waals surface area contributed by atoms with Crippen LogP contribution in [0.1, 0.15) is 149 Å². The van der Waals surface area contributed by atoms with Gasteiger partial charge in [0.05, 0.1) is 19.3 Å². The summed E-state index contributed by atoms with van der Waals surface area (Å²) < 4.78 is 32.6. The van der Waals surface area contributed by atoms with E-state index in [1.807, 2.05) is 19.1 Å². The van der Waals surface area contributed by atoms with Gasteiger partial charge in [0.25, 0.3) is 0 Å². The molecule has 0 aromatic heterocycles. The second-order valence-corrected chi connectivity index (χ2v) is 16.1. The first-order valence-electron chi connectivity index (χ1n) is 22.3. The summed E-state index contributed by atoms with van der Waals surface area (Å²) in [7, 11) is -4.76. The third-order valence-electron chi connectivity index (χ3n) is 8.97. The van der Waals surface area contributed by atoms with E-state index >= 15 is 0 Å². The number of hydrogen-bond acceptors (Lipinski definition) is 10. The van der Waals surface area contributed by atoms with E-state index in [-0.39, 0.29) is 18.9 Å². The number of nitrogens with two attached hydrogens (primary N) is 1. The number of hydrogen-bond donors (Lipinski definition) is 4. The van der Waals surface area contributed by atoms with Crippen molar-refractivity contribution in [3.63, 3.8) is 0 Å². The number of aliphatic hydroxyl groups excluding tert-OH is 1. The number of rotatable bonds is 40. The standard InChI is InChI=1S/C48H78NO11P/c1-3-5-6-7-8-9-10-11-12-13-14-15-16-20-23-26-29-32-35-38-46(51)57-40-44(41-58-61(55,56)59-42-45(49)48(53)54)60-47(52)39-36-33-30-27-24-21-18-17-19-22-25-28-31-34-37-43(50)4-2/h8-9,11-12,14-15,18-23,27-28,30-31,43-45,50H,3-7,10,13,16-17,24-26,29,32-42,49H2,1-2H3,(H,53,54)(H,55,56)/b9-8-,12-11-,15-14-,21-18-,22-19-,23-20-,30-27-,31-28-/t43-,44-,45+/m1/s1. The molecule has 5 N–H and O–H groups in total. The molecular formula is C48H78NO11P. The summed E-state index contributed by atoms with van der Waals surface area (Å²) in [6.45, 7) is 2.38. The number of carbonyl (C=O) groups is 3. The summed E-state index contributed by atoms with van der Waals surface area (Å²) in [4.78, 5) is 46.0. The van der Waals surface area contributed by atoms with Gasteiger partial charge in [-0.2, -0.15) is 0 Å². The molecule has 4 atom stereocenters. The van der Waals surface area contributed by atoms with E-state index in [0.29, 0.717) is 19.3 Å². The van der Waals surface area contributed by atoms with E-state index in [9.17, 15) is 28.9 Å². The molecule has 0 bridgehead atoms. The van der Waals surface area contributed by atoms with Gasteiger partial charge in [-0.3, -0.25) is 23.4 Å².